The van der Waals surface area contributed by atoms with Crippen molar-refractivity contribution in [3.63, 3.8) is 0 Å². The van der Waals surface area contributed by atoms with E-state index in [9.17, 15) is 4.79 Å². The van der Waals surface area contributed by atoms with E-state index in [0.29, 0.717) is 12.3 Å². The summed E-state index contributed by atoms with van der Waals surface area (Å²) in [5, 5.41) is 16.3. The number of hydrogen-bond acceptors (Lipinski definition) is 4. The van der Waals surface area contributed by atoms with Gasteiger partial charge in [0, 0.05) is 7.11 Å². The summed E-state index contributed by atoms with van der Waals surface area (Å²) in [6.07, 6.45) is 1.49. The lowest BCUT2D eigenvalue weighted by Crippen LogP contribution is -2.00. The third kappa shape index (κ3) is 2.92. The molecule has 0 aliphatic rings. The minimum Gasteiger partial charge on any atom is -0.481 e. The van der Waals surface area contributed by atoms with Crippen LogP contribution in [-0.4, -0.2) is 33.2 Å². The van der Waals surface area contributed by atoms with Crippen LogP contribution in [0.15, 0.2) is 30.5 Å². The maximum absolute atomic E-state index is 10.5. The molecular formula is C12H13N3O3. The fourth-order valence-electron chi connectivity index (χ4n) is 1.57. The van der Waals surface area contributed by atoms with Crippen molar-refractivity contribution < 1.29 is 14.6 Å². The Kier molecular flexibility index (Phi) is 3.69. The third-order valence-electron chi connectivity index (χ3n) is 2.39. The van der Waals surface area contributed by atoms with Crippen molar-refractivity contribution >= 4 is 5.97 Å². The van der Waals surface area contributed by atoms with Crippen LogP contribution in [0, 0.1) is 0 Å². The first-order valence-electron chi connectivity index (χ1n) is 5.40. The number of nitrogens with zero attached hydrogens (tertiary/aromatic N) is 3. The topological polar surface area (TPSA) is 77.2 Å². The summed E-state index contributed by atoms with van der Waals surface area (Å²) in [5.41, 5.74) is 2.33. The van der Waals surface area contributed by atoms with Crippen LogP contribution in [0.25, 0.3) is 5.69 Å². The van der Waals surface area contributed by atoms with Crippen LogP contribution in [0.2, 0.25) is 0 Å². The van der Waals surface area contributed by atoms with Gasteiger partial charge in [-0.1, -0.05) is 17.3 Å². The van der Waals surface area contributed by atoms with Gasteiger partial charge in [0.05, 0.1) is 30.6 Å². The zero-order valence-corrected chi connectivity index (χ0v) is 9.91. The average molecular weight is 247 g/mol. The standard InChI is InChI=1S/C12H13N3O3/c1-18-8-9-2-4-11(5-3-9)15-7-10(13-14-15)6-12(16)17/h2-5,7H,6,8H2,1H3,(H,16,17). The summed E-state index contributed by atoms with van der Waals surface area (Å²) in [6, 6.07) is 7.62. The van der Waals surface area contributed by atoms with Crippen LogP contribution in [0.1, 0.15) is 11.3 Å². The second kappa shape index (κ2) is 5.42. The molecule has 6 nitrogen and oxygen atoms in total. The van der Waals surface area contributed by atoms with Crippen LogP contribution in [0.4, 0.5) is 0 Å². The van der Waals surface area contributed by atoms with E-state index in [4.69, 9.17) is 9.84 Å². The highest BCUT2D eigenvalue weighted by atomic mass is 16.5. The molecule has 1 aromatic carbocycles. The fraction of sp³-hybridized carbons (Fsp3) is 0.250. The number of aromatic nitrogens is 3. The molecule has 0 fully saturated rings. The number of carboxylic acid groups (broad SMARTS) is 1. The molecule has 2 aromatic rings. The number of benzene rings is 1. The van der Waals surface area contributed by atoms with Crippen LogP contribution in [-0.2, 0) is 22.6 Å². The van der Waals surface area contributed by atoms with E-state index in [1.165, 1.54) is 0 Å². The van der Waals surface area contributed by atoms with Crippen molar-refractivity contribution in [1.29, 1.82) is 0 Å². The van der Waals surface area contributed by atoms with Gasteiger partial charge in [-0.2, -0.15) is 0 Å². The van der Waals surface area contributed by atoms with Gasteiger partial charge in [0.25, 0.3) is 0 Å². The Labute approximate surface area is 104 Å². The molecule has 18 heavy (non-hydrogen) atoms. The Morgan fingerprint density at radius 3 is 2.72 bits per heavy atom. The molecular weight excluding hydrogens is 234 g/mol. The number of ether oxygens (including phenoxy) is 1. The highest BCUT2D eigenvalue weighted by Gasteiger charge is 2.06. The molecule has 0 saturated carbocycles. The van der Waals surface area contributed by atoms with Gasteiger partial charge < -0.3 is 9.84 Å². The molecule has 94 valence electrons. The zero-order valence-electron chi connectivity index (χ0n) is 9.91. The van der Waals surface area contributed by atoms with Crippen molar-refractivity contribution in [2.45, 2.75) is 13.0 Å². The molecule has 0 radical (unpaired) electrons. The first-order chi connectivity index (χ1) is 8.69. The first kappa shape index (κ1) is 12.3. The van der Waals surface area contributed by atoms with Gasteiger partial charge in [0.2, 0.25) is 0 Å². The number of carboxylic acids is 1. The molecule has 2 rings (SSSR count). The molecule has 0 spiro atoms. The molecule has 0 amide bonds. The van der Waals surface area contributed by atoms with Gasteiger partial charge in [0.1, 0.15) is 0 Å². The van der Waals surface area contributed by atoms with Crippen LogP contribution in [0.3, 0.4) is 0 Å². The third-order valence-corrected chi connectivity index (χ3v) is 2.39. The smallest absolute Gasteiger partial charge is 0.309 e. The number of methoxy groups -OCH3 is 1. The largest absolute Gasteiger partial charge is 0.481 e. The van der Waals surface area contributed by atoms with Crippen molar-refractivity contribution in [3.05, 3.63) is 41.7 Å². The maximum atomic E-state index is 10.5. The summed E-state index contributed by atoms with van der Waals surface area (Å²) in [7, 11) is 1.64. The summed E-state index contributed by atoms with van der Waals surface area (Å²) >= 11 is 0. The van der Waals surface area contributed by atoms with Gasteiger partial charge in [-0.3, -0.25) is 4.79 Å². The molecule has 1 N–H and O–H groups in total. The number of carbonyl (C=O) groups is 1. The van der Waals surface area contributed by atoms with E-state index in [1.54, 1.807) is 18.0 Å². The molecule has 0 saturated heterocycles. The number of hydrogen-bond donors (Lipinski definition) is 1. The van der Waals surface area contributed by atoms with E-state index in [0.717, 1.165) is 11.3 Å². The average Bonchev–Trinajstić information content (AvgIpc) is 2.78. The van der Waals surface area contributed by atoms with Gasteiger partial charge in [-0.15, -0.1) is 5.10 Å². The van der Waals surface area contributed by atoms with E-state index in [2.05, 4.69) is 10.3 Å². The molecule has 0 aliphatic heterocycles. The van der Waals surface area contributed by atoms with E-state index in [-0.39, 0.29) is 6.42 Å². The Bertz CT molecular complexity index is 534. The van der Waals surface area contributed by atoms with Gasteiger partial charge in [-0.25, -0.2) is 4.68 Å². The van der Waals surface area contributed by atoms with Crippen LogP contribution < -0.4 is 0 Å². The van der Waals surface area contributed by atoms with Crippen molar-refractivity contribution in [2.75, 3.05) is 7.11 Å². The maximum Gasteiger partial charge on any atom is 0.309 e. The van der Waals surface area contributed by atoms with Gasteiger partial charge >= 0.3 is 5.97 Å². The SMILES string of the molecule is COCc1ccc(-n2cc(CC(=O)O)nn2)cc1. The van der Waals surface area contributed by atoms with Crippen LogP contribution >= 0.6 is 0 Å². The summed E-state index contributed by atoms with van der Waals surface area (Å²) in [4.78, 5) is 10.5. The van der Waals surface area contributed by atoms with Crippen molar-refractivity contribution in [3.8, 4) is 5.69 Å². The number of rotatable bonds is 5. The predicted molar refractivity (Wildman–Crippen MR) is 63.4 cm³/mol. The number of aliphatic carboxylic acids is 1. The highest BCUT2D eigenvalue weighted by Crippen LogP contribution is 2.10. The predicted octanol–water partition coefficient (Wildman–Crippen LogP) is 1.04. The Hall–Kier alpha value is -2.21. The van der Waals surface area contributed by atoms with Crippen molar-refractivity contribution in [1.82, 2.24) is 15.0 Å². The monoisotopic (exact) mass is 247 g/mol. The van der Waals surface area contributed by atoms with E-state index < -0.39 is 5.97 Å². The molecule has 0 aliphatic carbocycles. The van der Waals surface area contributed by atoms with E-state index in [1.807, 2.05) is 24.3 Å². The lowest BCUT2D eigenvalue weighted by atomic mass is 10.2. The van der Waals surface area contributed by atoms with Crippen LogP contribution in [0.5, 0.6) is 0 Å². The fourth-order valence-corrected chi connectivity index (χ4v) is 1.57. The van der Waals surface area contributed by atoms with E-state index >= 15 is 0 Å². The van der Waals surface area contributed by atoms with Gasteiger partial charge in [-0.05, 0) is 17.7 Å². The second-order valence-corrected chi connectivity index (χ2v) is 3.82. The normalized spacial score (nSPS) is 10.5. The lowest BCUT2D eigenvalue weighted by Gasteiger charge is -2.02. The minimum atomic E-state index is -0.919. The summed E-state index contributed by atoms with van der Waals surface area (Å²) in [6.45, 7) is 0.557. The lowest BCUT2D eigenvalue weighted by molar-refractivity contribution is -0.136. The molecule has 6 heteroatoms. The molecule has 0 atom stereocenters. The zero-order chi connectivity index (χ0) is 13.0. The highest BCUT2D eigenvalue weighted by molar-refractivity contribution is 5.69. The second-order valence-electron chi connectivity index (χ2n) is 3.82. The molecule has 0 bridgehead atoms. The van der Waals surface area contributed by atoms with Crippen molar-refractivity contribution in [2.24, 2.45) is 0 Å². The Morgan fingerprint density at radius 1 is 1.39 bits per heavy atom. The quantitative estimate of drug-likeness (QED) is 0.854. The Morgan fingerprint density at radius 2 is 2.11 bits per heavy atom. The molecule has 1 aromatic heterocycles. The van der Waals surface area contributed by atoms with Gasteiger partial charge in [0.15, 0.2) is 0 Å². The minimum absolute atomic E-state index is 0.123. The molecule has 1 heterocycles. The first-order valence-corrected chi connectivity index (χ1v) is 5.40. The summed E-state index contributed by atoms with van der Waals surface area (Å²) in [5.74, 6) is -0.919. The molecule has 0 unspecified atom stereocenters. The Balaban J connectivity index is 2.15. The summed E-state index contributed by atoms with van der Waals surface area (Å²) < 4.78 is 6.57.